The number of carboxylic acids is 1. The summed E-state index contributed by atoms with van der Waals surface area (Å²) in [5, 5.41) is 16.7. The molecule has 0 aliphatic carbocycles. The fourth-order valence-electron chi connectivity index (χ4n) is 0.479. The van der Waals surface area contributed by atoms with Gasteiger partial charge < -0.3 is 13.2 Å². The van der Waals surface area contributed by atoms with Crippen molar-refractivity contribution in [1.82, 2.24) is 5.48 Å². The van der Waals surface area contributed by atoms with Gasteiger partial charge in [0.25, 0.3) is 0 Å². The largest absolute Gasteiger partial charge is 2.00 e. The van der Waals surface area contributed by atoms with Crippen molar-refractivity contribution in [1.29, 1.82) is 0 Å². The van der Waals surface area contributed by atoms with Gasteiger partial charge in [-0.05, 0) is 18.4 Å². The third kappa shape index (κ3) is 7.67. The molecule has 3 N–H and O–H groups in total. The maximum atomic E-state index is 10.2. The van der Waals surface area contributed by atoms with Gasteiger partial charge in [0.2, 0.25) is 0 Å². The van der Waals surface area contributed by atoms with Crippen molar-refractivity contribution in [2.24, 2.45) is 0 Å². The number of aliphatic carboxylic acids is 1. The fraction of sp³-hybridized carbons (Fsp3) is 0.800. The van der Waals surface area contributed by atoms with E-state index in [0.29, 0.717) is 6.42 Å². The van der Waals surface area contributed by atoms with E-state index in [1.54, 1.807) is 17.2 Å². The van der Waals surface area contributed by atoms with Crippen LogP contribution in [-0.2, 0) is 4.79 Å². The number of carbonyl (C=O) groups is 1. The summed E-state index contributed by atoms with van der Waals surface area (Å²) in [7, 11) is 0. The summed E-state index contributed by atoms with van der Waals surface area (Å²) in [6.45, 7) is 0. The quantitative estimate of drug-likeness (QED) is 0.493. The van der Waals surface area contributed by atoms with Crippen LogP contribution in [0.4, 0.5) is 0 Å². The predicted octanol–water partition coefficient (Wildman–Crippen LogP) is 0.0157. The minimum absolute atomic E-state index is 0. The van der Waals surface area contributed by atoms with Crippen molar-refractivity contribution in [3.05, 3.63) is 0 Å². The summed E-state index contributed by atoms with van der Waals surface area (Å²) >= 11 is 1.55. The summed E-state index contributed by atoms with van der Waals surface area (Å²) in [5.74, 6) is -0.290. The first kappa shape index (κ1) is 14.8. The molecular formula is C5H13BaNO3S. The van der Waals surface area contributed by atoms with Gasteiger partial charge in [-0.1, -0.05) is 0 Å². The van der Waals surface area contributed by atoms with Crippen molar-refractivity contribution in [3.63, 3.8) is 0 Å². The Morgan fingerprint density at radius 1 is 1.82 bits per heavy atom. The minimum Gasteiger partial charge on any atom is -1.00 e. The van der Waals surface area contributed by atoms with Crippen LogP contribution >= 0.6 is 11.8 Å². The smallest absolute Gasteiger partial charge is 1.00 e. The molecule has 0 bridgehead atoms. The van der Waals surface area contributed by atoms with Crippen LogP contribution in [0, 0.1) is 0 Å². The second-order valence-electron chi connectivity index (χ2n) is 1.80. The molecule has 0 aromatic heterocycles. The van der Waals surface area contributed by atoms with E-state index in [9.17, 15) is 4.79 Å². The third-order valence-electron chi connectivity index (χ3n) is 1.06. The number of hydroxylamine groups is 1. The Labute approximate surface area is 113 Å². The first-order valence-corrected chi connectivity index (χ1v) is 4.23. The summed E-state index contributed by atoms with van der Waals surface area (Å²) < 4.78 is 0. The summed E-state index contributed by atoms with van der Waals surface area (Å²) in [6, 6.07) is -0.826. The van der Waals surface area contributed by atoms with E-state index in [-0.39, 0.29) is 51.7 Å². The maximum Gasteiger partial charge on any atom is 2.00 e. The average Bonchev–Trinajstić information content (AvgIpc) is 1.89. The Bertz CT molecular complexity index is 122. The van der Waals surface area contributed by atoms with Crippen LogP contribution in [0.2, 0.25) is 0 Å². The van der Waals surface area contributed by atoms with Crippen LogP contribution < -0.4 is 5.48 Å². The zero-order valence-corrected chi connectivity index (χ0v) is 11.7. The molecule has 0 fully saturated rings. The predicted molar refractivity (Wildman–Crippen MR) is 47.3 cm³/mol. The Kier molecular flexibility index (Phi) is 12.7. The molecule has 11 heavy (non-hydrogen) atoms. The normalized spacial score (nSPS) is 11.8. The molecule has 0 amide bonds. The molecule has 0 spiro atoms. The summed E-state index contributed by atoms with van der Waals surface area (Å²) in [6.07, 6.45) is 2.32. The van der Waals surface area contributed by atoms with E-state index in [2.05, 4.69) is 0 Å². The molecule has 6 heteroatoms. The molecule has 1 unspecified atom stereocenters. The van der Waals surface area contributed by atoms with E-state index in [1.165, 1.54) is 0 Å². The SMILES string of the molecule is CSCCC(NO)C(=O)O.[Ba+2].[H-].[H-]. The second kappa shape index (κ2) is 9.40. The summed E-state index contributed by atoms with van der Waals surface area (Å²) in [5.41, 5.74) is 1.72. The van der Waals surface area contributed by atoms with Gasteiger partial charge in [-0.25, -0.2) is 0 Å². The number of nitrogens with one attached hydrogen (secondary N) is 1. The standard InChI is InChI=1S/C5H11NO3S.Ba.2H/c1-10-3-2-4(6-9)5(7)8;;;/h4,6,9H,2-3H2,1H3,(H,7,8);;;/q;+2;2*-1. The molecule has 0 rings (SSSR count). The van der Waals surface area contributed by atoms with Gasteiger partial charge in [-0.3, -0.25) is 4.79 Å². The number of rotatable bonds is 5. The first-order valence-electron chi connectivity index (χ1n) is 2.83. The van der Waals surface area contributed by atoms with Crippen LogP contribution in [0.1, 0.15) is 9.27 Å². The Balaban J connectivity index is -0.000000135. The Morgan fingerprint density at radius 3 is 2.64 bits per heavy atom. The average molecular weight is 305 g/mol. The molecule has 64 valence electrons. The molecule has 4 nitrogen and oxygen atoms in total. The molecule has 0 aliphatic heterocycles. The monoisotopic (exact) mass is 305 g/mol. The molecule has 0 aromatic rings. The van der Waals surface area contributed by atoms with E-state index in [1.807, 2.05) is 6.26 Å². The van der Waals surface area contributed by atoms with Crippen LogP contribution in [0.5, 0.6) is 0 Å². The number of thioether (sulfide) groups is 1. The van der Waals surface area contributed by atoms with Gasteiger partial charge in [0, 0.05) is 0 Å². The molecule has 0 saturated carbocycles. The number of hydrogen-bond donors (Lipinski definition) is 3. The minimum atomic E-state index is -1.02. The molecule has 0 aliphatic rings. The van der Waals surface area contributed by atoms with E-state index in [0.717, 1.165) is 5.75 Å². The van der Waals surface area contributed by atoms with E-state index < -0.39 is 12.0 Å². The molecule has 0 heterocycles. The van der Waals surface area contributed by atoms with Crippen molar-refractivity contribution < 1.29 is 18.0 Å². The molecule has 0 radical (unpaired) electrons. The van der Waals surface area contributed by atoms with Crippen LogP contribution in [-0.4, -0.2) is 83.2 Å². The van der Waals surface area contributed by atoms with Crippen molar-refractivity contribution in [2.45, 2.75) is 12.5 Å². The van der Waals surface area contributed by atoms with Crippen LogP contribution in [0.15, 0.2) is 0 Å². The zero-order valence-electron chi connectivity index (χ0n) is 8.41. The number of hydrogen-bond acceptors (Lipinski definition) is 4. The molecule has 0 saturated heterocycles. The first-order chi connectivity index (χ1) is 4.72. The van der Waals surface area contributed by atoms with Crippen LogP contribution in [0.3, 0.4) is 0 Å². The van der Waals surface area contributed by atoms with Gasteiger partial charge in [0.05, 0.1) is 0 Å². The third-order valence-corrected chi connectivity index (χ3v) is 1.71. The molecule has 1 atom stereocenters. The van der Waals surface area contributed by atoms with Gasteiger partial charge in [0.1, 0.15) is 6.04 Å². The van der Waals surface area contributed by atoms with Gasteiger partial charge in [-0.2, -0.15) is 17.2 Å². The van der Waals surface area contributed by atoms with Crippen molar-refractivity contribution in [3.8, 4) is 0 Å². The maximum absolute atomic E-state index is 10.2. The van der Waals surface area contributed by atoms with Gasteiger partial charge in [0.15, 0.2) is 0 Å². The van der Waals surface area contributed by atoms with E-state index in [4.69, 9.17) is 10.3 Å². The van der Waals surface area contributed by atoms with E-state index >= 15 is 0 Å². The zero-order chi connectivity index (χ0) is 7.98. The van der Waals surface area contributed by atoms with Gasteiger partial charge in [-0.15, -0.1) is 0 Å². The topological polar surface area (TPSA) is 69.6 Å². The molecule has 0 aromatic carbocycles. The second-order valence-corrected chi connectivity index (χ2v) is 2.79. The Morgan fingerprint density at radius 2 is 2.36 bits per heavy atom. The van der Waals surface area contributed by atoms with Crippen molar-refractivity contribution >= 4 is 66.6 Å². The van der Waals surface area contributed by atoms with Gasteiger partial charge >= 0.3 is 54.9 Å². The van der Waals surface area contributed by atoms with Crippen molar-refractivity contribution in [2.75, 3.05) is 12.0 Å². The summed E-state index contributed by atoms with van der Waals surface area (Å²) in [4.78, 5) is 10.2. The molecular weight excluding hydrogens is 291 g/mol. The Hall–Kier alpha value is 1.31. The number of carboxylic acid groups (broad SMARTS) is 1. The van der Waals surface area contributed by atoms with Crippen LogP contribution in [0.25, 0.3) is 0 Å². The fourth-order valence-corrected chi connectivity index (χ4v) is 0.950.